The first kappa shape index (κ1) is 11.7. The van der Waals surface area contributed by atoms with E-state index in [2.05, 4.69) is 5.32 Å². The Hall–Kier alpha value is -1.36. The molecule has 1 aromatic rings. The van der Waals surface area contributed by atoms with E-state index < -0.39 is 5.97 Å². The number of aliphatic carboxylic acids is 1. The van der Waals surface area contributed by atoms with Crippen molar-refractivity contribution in [3.05, 3.63) is 22.4 Å². The molecule has 0 spiro atoms. The van der Waals surface area contributed by atoms with Gasteiger partial charge in [-0.05, 0) is 29.3 Å². The summed E-state index contributed by atoms with van der Waals surface area (Å²) >= 11 is 1.54. The molecule has 2 N–H and O–H groups in total. The molecule has 0 radical (unpaired) electrons. The highest BCUT2D eigenvalue weighted by molar-refractivity contribution is 7.08. The number of hydrogen-bond acceptors (Lipinski definition) is 3. The van der Waals surface area contributed by atoms with Gasteiger partial charge in [-0.1, -0.05) is 0 Å². The molecule has 0 bridgehead atoms. The van der Waals surface area contributed by atoms with Crippen molar-refractivity contribution in [3.8, 4) is 0 Å². The topological polar surface area (TPSA) is 66.4 Å². The molecular weight excluding hydrogens is 214 g/mol. The molecule has 0 aliphatic rings. The van der Waals surface area contributed by atoms with Crippen molar-refractivity contribution in [2.45, 2.75) is 19.3 Å². The summed E-state index contributed by atoms with van der Waals surface area (Å²) in [5, 5.41) is 14.8. The molecule has 1 unspecified atom stereocenters. The summed E-state index contributed by atoms with van der Waals surface area (Å²) in [6, 6.07) is 1.89. The number of thiophene rings is 1. The van der Waals surface area contributed by atoms with Gasteiger partial charge in [-0.15, -0.1) is 0 Å². The van der Waals surface area contributed by atoms with E-state index in [1.165, 1.54) is 11.3 Å². The highest BCUT2D eigenvalue weighted by Crippen LogP contribution is 2.17. The first-order valence-corrected chi connectivity index (χ1v) is 5.57. The molecule has 1 heterocycles. The van der Waals surface area contributed by atoms with Gasteiger partial charge in [0.1, 0.15) is 0 Å². The molecule has 0 fully saturated rings. The SMILES string of the molecule is CC(C(=O)NCCC(=O)O)c1ccsc1. The molecule has 0 aliphatic carbocycles. The Bertz CT molecular complexity index is 334. The van der Waals surface area contributed by atoms with E-state index >= 15 is 0 Å². The molecule has 1 rings (SSSR count). The Morgan fingerprint density at radius 3 is 2.87 bits per heavy atom. The second-order valence-corrected chi connectivity index (χ2v) is 3.99. The van der Waals surface area contributed by atoms with Gasteiger partial charge in [-0.3, -0.25) is 9.59 Å². The van der Waals surface area contributed by atoms with Crippen molar-refractivity contribution in [1.82, 2.24) is 5.32 Å². The first-order chi connectivity index (χ1) is 7.11. The average molecular weight is 227 g/mol. The molecule has 0 saturated carbocycles. The minimum Gasteiger partial charge on any atom is -0.481 e. The van der Waals surface area contributed by atoms with Crippen LogP contribution in [0.25, 0.3) is 0 Å². The van der Waals surface area contributed by atoms with Gasteiger partial charge in [0.2, 0.25) is 5.91 Å². The lowest BCUT2D eigenvalue weighted by molar-refractivity contribution is -0.136. The Balaban J connectivity index is 2.37. The molecule has 1 aromatic heterocycles. The number of nitrogens with one attached hydrogen (secondary N) is 1. The molecule has 1 atom stereocenters. The minimum absolute atomic E-state index is 0.0396. The molecule has 0 aromatic carbocycles. The van der Waals surface area contributed by atoms with Crippen LogP contribution in [-0.4, -0.2) is 23.5 Å². The zero-order chi connectivity index (χ0) is 11.3. The Morgan fingerprint density at radius 1 is 1.60 bits per heavy atom. The monoisotopic (exact) mass is 227 g/mol. The quantitative estimate of drug-likeness (QED) is 0.800. The van der Waals surface area contributed by atoms with Crippen molar-refractivity contribution < 1.29 is 14.7 Å². The summed E-state index contributed by atoms with van der Waals surface area (Å²) in [6.07, 6.45) is -0.0396. The van der Waals surface area contributed by atoms with Crippen molar-refractivity contribution in [2.24, 2.45) is 0 Å². The molecule has 0 saturated heterocycles. The normalized spacial score (nSPS) is 12.1. The van der Waals surface area contributed by atoms with Crippen LogP contribution in [-0.2, 0) is 9.59 Å². The number of hydrogen-bond donors (Lipinski definition) is 2. The van der Waals surface area contributed by atoms with Crippen molar-refractivity contribution in [2.75, 3.05) is 6.54 Å². The fourth-order valence-corrected chi connectivity index (χ4v) is 1.87. The lowest BCUT2D eigenvalue weighted by Crippen LogP contribution is -2.29. The number of amides is 1. The van der Waals surface area contributed by atoms with E-state index in [1.807, 2.05) is 16.8 Å². The summed E-state index contributed by atoms with van der Waals surface area (Å²) in [6.45, 7) is 1.99. The van der Waals surface area contributed by atoms with Crippen molar-refractivity contribution >= 4 is 23.2 Å². The van der Waals surface area contributed by atoms with Gasteiger partial charge in [0.25, 0.3) is 0 Å². The van der Waals surface area contributed by atoms with Gasteiger partial charge >= 0.3 is 5.97 Å². The molecule has 5 heteroatoms. The van der Waals surface area contributed by atoms with E-state index in [0.29, 0.717) is 0 Å². The zero-order valence-electron chi connectivity index (χ0n) is 8.40. The Morgan fingerprint density at radius 2 is 2.33 bits per heavy atom. The minimum atomic E-state index is -0.904. The molecular formula is C10H13NO3S. The van der Waals surface area contributed by atoms with Gasteiger partial charge in [0, 0.05) is 6.54 Å². The van der Waals surface area contributed by atoms with E-state index in [1.54, 1.807) is 6.92 Å². The van der Waals surface area contributed by atoms with E-state index in [0.717, 1.165) is 5.56 Å². The third-order valence-corrected chi connectivity index (χ3v) is 2.78. The van der Waals surface area contributed by atoms with Crippen LogP contribution in [0.1, 0.15) is 24.8 Å². The van der Waals surface area contributed by atoms with Crippen LogP contribution in [0.2, 0.25) is 0 Å². The maximum atomic E-state index is 11.5. The number of carboxylic acid groups (broad SMARTS) is 1. The Labute approximate surface area is 91.9 Å². The fourth-order valence-electron chi connectivity index (χ4n) is 1.12. The van der Waals surface area contributed by atoms with Crippen LogP contribution in [0.4, 0.5) is 0 Å². The Kier molecular flexibility index (Phi) is 4.30. The van der Waals surface area contributed by atoms with E-state index in [-0.39, 0.29) is 24.8 Å². The van der Waals surface area contributed by atoms with E-state index in [4.69, 9.17) is 5.11 Å². The third-order valence-electron chi connectivity index (χ3n) is 2.07. The second kappa shape index (κ2) is 5.50. The van der Waals surface area contributed by atoms with Gasteiger partial charge in [0.05, 0.1) is 12.3 Å². The average Bonchev–Trinajstić information content (AvgIpc) is 2.68. The molecule has 0 aliphatic heterocycles. The van der Waals surface area contributed by atoms with E-state index in [9.17, 15) is 9.59 Å². The number of rotatable bonds is 5. The van der Waals surface area contributed by atoms with Gasteiger partial charge in [0.15, 0.2) is 0 Å². The summed E-state index contributed by atoms with van der Waals surface area (Å²) in [5.41, 5.74) is 0.966. The summed E-state index contributed by atoms with van der Waals surface area (Å²) in [7, 11) is 0. The number of carboxylic acids is 1. The smallest absolute Gasteiger partial charge is 0.305 e. The lowest BCUT2D eigenvalue weighted by atomic mass is 10.0. The second-order valence-electron chi connectivity index (χ2n) is 3.21. The largest absolute Gasteiger partial charge is 0.481 e. The molecule has 15 heavy (non-hydrogen) atoms. The third kappa shape index (κ3) is 3.71. The standard InChI is InChI=1S/C10H13NO3S/c1-7(8-3-5-15-6-8)10(14)11-4-2-9(12)13/h3,5-7H,2,4H2,1H3,(H,11,14)(H,12,13). The zero-order valence-corrected chi connectivity index (χ0v) is 9.21. The van der Waals surface area contributed by atoms with Crippen LogP contribution in [0, 0.1) is 0 Å². The van der Waals surface area contributed by atoms with Crippen molar-refractivity contribution in [1.29, 1.82) is 0 Å². The van der Waals surface area contributed by atoms with Crippen LogP contribution < -0.4 is 5.32 Å². The van der Waals surface area contributed by atoms with Crippen LogP contribution in [0.5, 0.6) is 0 Å². The van der Waals surface area contributed by atoms with Gasteiger partial charge < -0.3 is 10.4 Å². The van der Waals surface area contributed by atoms with Crippen molar-refractivity contribution in [3.63, 3.8) is 0 Å². The maximum Gasteiger partial charge on any atom is 0.305 e. The summed E-state index contributed by atoms with van der Waals surface area (Å²) in [4.78, 5) is 21.8. The van der Waals surface area contributed by atoms with Crippen LogP contribution >= 0.6 is 11.3 Å². The van der Waals surface area contributed by atoms with Gasteiger partial charge in [-0.2, -0.15) is 11.3 Å². The maximum absolute atomic E-state index is 11.5. The predicted octanol–water partition coefficient (Wildman–Crippen LogP) is 1.44. The first-order valence-electron chi connectivity index (χ1n) is 4.63. The molecule has 4 nitrogen and oxygen atoms in total. The van der Waals surface area contributed by atoms with Crippen LogP contribution in [0.3, 0.4) is 0 Å². The highest BCUT2D eigenvalue weighted by atomic mass is 32.1. The molecule has 82 valence electrons. The van der Waals surface area contributed by atoms with Gasteiger partial charge in [-0.25, -0.2) is 0 Å². The summed E-state index contributed by atoms with van der Waals surface area (Å²) in [5.74, 6) is -1.25. The predicted molar refractivity (Wildman–Crippen MR) is 58.0 cm³/mol. The summed E-state index contributed by atoms with van der Waals surface area (Å²) < 4.78 is 0. The van der Waals surface area contributed by atoms with Crippen LogP contribution in [0.15, 0.2) is 16.8 Å². The fraction of sp³-hybridized carbons (Fsp3) is 0.400. The number of carbonyl (C=O) groups is 2. The lowest BCUT2D eigenvalue weighted by Gasteiger charge is -2.09. The number of carbonyl (C=O) groups excluding carboxylic acids is 1. The highest BCUT2D eigenvalue weighted by Gasteiger charge is 2.14. The molecule has 1 amide bonds.